The minimum Gasteiger partial charge on any atom is -0.378 e. The van der Waals surface area contributed by atoms with E-state index in [0.717, 1.165) is 34.0 Å². The van der Waals surface area contributed by atoms with Crippen LogP contribution >= 0.6 is 12.2 Å². The third-order valence-electron chi connectivity index (χ3n) is 6.81. The van der Waals surface area contributed by atoms with Gasteiger partial charge in [-0.15, -0.1) is 0 Å². The number of nitrogens with one attached hydrogen (secondary N) is 2. The van der Waals surface area contributed by atoms with E-state index in [2.05, 4.69) is 72.6 Å². The number of hydrogen-bond donors (Lipinski definition) is 2. The van der Waals surface area contributed by atoms with E-state index in [1.54, 1.807) is 6.20 Å². The Labute approximate surface area is 229 Å². The Kier molecular flexibility index (Phi) is 7.42. The van der Waals surface area contributed by atoms with Crippen molar-refractivity contribution in [1.29, 1.82) is 0 Å². The summed E-state index contributed by atoms with van der Waals surface area (Å²) in [5.74, 6) is -0.0481. The maximum absolute atomic E-state index is 12.9. The minimum atomic E-state index is -0.154. The lowest BCUT2D eigenvalue weighted by atomic mass is 10.0. The van der Waals surface area contributed by atoms with Crippen LogP contribution < -0.4 is 15.5 Å². The zero-order chi connectivity index (χ0) is 26.6. The molecule has 1 amide bonds. The van der Waals surface area contributed by atoms with Gasteiger partial charge in [-0.3, -0.25) is 9.78 Å². The van der Waals surface area contributed by atoms with E-state index in [1.165, 1.54) is 0 Å². The molecule has 0 saturated carbocycles. The maximum Gasteiger partial charge on any atom is 0.226 e. The number of anilines is 2. The van der Waals surface area contributed by atoms with Crippen LogP contribution in [-0.2, 0) is 4.79 Å². The lowest BCUT2D eigenvalue weighted by molar-refractivity contribution is -0.116. The van der Waals surface area contributed by atoms with Gasteiger partial charge in [-0.05, 0) is 85.4 Å². The van der Waals surface area contributed by atoms with E-state index >= 15 is 0 Å². The first-order chi connectivity index (χ1) is 18.4. The standard InChI is InChI=1S/C30H32N6OS/c1-21-8-6-9-22(20-21)32-27(37)16-19-36-29(28(33-30(36)38)25-10-4-5-17-31-25)26-11-7-18-35(26)24-14-12-23(13-15-24)34(2)3/h4-15,17-18,20,28-29H,16,19H2,1-3H3,(H,32,37)(H,33,38)/t28-,29-/m0/s1. The lowest BCUT2D eigenvalue weighted by Crippen LogP contribution is -2.33. The summed E-state index contributed by atoms with van der Waals surface area (Å²) in [5.41, 5.74) is 6.08. The Morgan fingerprint density at radius 2 is 1.87 bits per heavy atom. The molecular formula is C30H32N6OS. The zero-order valence-electron chi connectivity index (χ0n) is 21.8. The van der Waals surface area contributed by atoms with Crippen molar-refractivity contribution in [2.75, 3.05) is 30.9 Å². The number of carbonyl (C=O) groups excluding carboxylic acids is 1. The molecule has 5 rings (SSSR count). The van der Waals surface area contributed by atoms with Crippen LogP contribution in [0.1, 0.15) is 35.5 Å². The van der Waals surface area contributed by atoms with Gasteiger partial charge < -0.3 is 25.0 Å². The number of aryl methyl sites for hydroxylation is 1. The molecule has 0 bridgehead atoms. The SMILES string of the molecule is Cc1cccc(NC(=O)CCN2C(=S)N[C@@H](c3ccccn3)[C@@H]2c2cccn2-c2ccc(N(C)C)cc2)c1. The molecule has 2 aromatic carbocycles. The summed E-state index contributed by atoms with van der Waals surface area (Å²) < 4.78 is 2.19. The normalized spacial score (nSPS) is 16.8. The van der Waals surface area contributed by atoms with Gasteiger partial charge in [-0.1, -0.05) is 18.2 Å². The molecule has 1 aliphatic heterocycles. The second-order valence-electron chi connectivity index (χ2n) is 9.70. The molecule has 4 aromatic rings. The van der Waals surface area contributed by atoms with E-state index in [9.17, 15) is 4.79 Å². The van der Waals surface area contributed by atoms with Crippen molar-refractivity contribution in [3.8, 4) is 5.69 Å². The number of pyridine rings is 1. The Morgan fingerprint density at radius 3 is 2.58 bits per heavy atom. The van der Waals surface area contributed by atoms with Gasteiger partial charge >= 0.3 is 0 Å². The number of carbonyl (C=O) groups is 1. The molecule has 0 spiro atoms. The van der Waals surface area contributed by atoms with Gasteiger partial charge in [-0.25, -0.2) is 0 Å². The average Bonchev–Trinajstić information content (AvgIpc) is 3.52. The summed E-state index contributed by atoms with van der Waals surface area (Å²) in [7, 11) is 4.07. The molecule has 2 aromatic heterocycles. The predicted octanol–water partition coefficient (Wildman–Crippen LogP) is 5.25. The molecule has 0 aliphatic carbocycles. The molecule has 194 valence electrons. The van der Waals surface area contributed by atoms with Crippen molar-refractivity contribution in [2.24, 2.45) is 0 Å². The first kappa shape index (κ1) is 25.5. The van der Waals surface area contributed by atoms with Gasteiger partial charge in [0.25, 0.3) is 0 Å². The number of rotatable bonds is 8. The Balaban J connectivity index is 1.44. The third kappa shape index (κ3) is 5.40. The van der Waals surface area contributed by atoms with E-state index in [0.29, 0.717) is 18.1 Å². The number of nitrogens with zero attached hydrogens (tertiary/aromatic N) is 4. The number of hydrogen-bond acceptors (Lipinski definition) is 4. The van der Waals surface area contributed by atoms with Gasteiger partial charge in [-0.2, -0.15) is 0 Å². The van der Waals surface area contributed by atoms with Gasteiger partial charge in [0.1, 0.15) is 0 Å². The highest BCUT2D eigenvalue weighted by molar-refractivity contribution is 7.80. The molecule has 38 heavy (non-hydrogen) atoms. The van der Waals surface area contributed by atoms with Gasteiger partial charge in [0.15, 0.2) is 5.11 Å². The van der Waals surface area contributed by atoms with Crippen LogP contribution in [0.15, 0.2) is 91.3 Å². The van der Waals surface area contributed by atoms with Crippen molar-refractivity contribution in [1.82, 2.24) is 19.8 Å². The quantitative estimate of drug-likeness (QED) is 0.307. The van der Waals surface area contributed by atoms with Crippen LogP contribution in [-0.4, -0.2) is 46.1 Å². The number of thiocarbonyl (C=S) groups is 1. The topological polar surface area (TPSA) is 65.4 Å². The predicted molar refractivity (Wildman–Crippen MR) is 157 cm³/mol. The average molecular weight is 525 g/mol. The van der Waals surface area contributed by atoms with Crippen LogP contribution in [0, 0.1) is 6.92 Å². The summed E-state index contributed by atoms with van der Waals surface area (Å²) in [5, 5.41) is 7.12. The largest absolute Gasteiger partial charge is 0.378 e. The molecule has 2 N–H and O–H groups in total. The van der Waals surface area contributed by atoms with Crippen molar-refractivity contribution < 1.29 is 4.79 Å². The molecule has 8 heteroatoms. The fourth-order valence-electron chi connectivity index (χ4n) is 4.92. The molecule has 0 unspecified atom stereocenters. The lowest BCUT2D eigenvalue weighted by Gasteiger charge is -2.29. The van der Waals surface area contributed by atoms with E-state index in [-0.39, 0.29) is 18.0 Å². The highest BCUT2D eigenvalue weighted by atomic mass is 32.1. The van der Waals surface area contributed by atoms with E-state index in [4.69, 9.17) is 12.2 Å². The van der Waals surface area contributed by atoms with Crippen molar-refractivity contribution in [2.45, 2.75) is 25.4 Å². The van der Waals surface area contributed by atoms with Crippen LogP contribution in [0.2, 0.25) is 0 Å². The molecule has 1 saturated heterocycles. The summed E-state index contributed by atoms with van der Waals surface area (Å²) in [6.07, 6.45) is 4.17. The monoisotopic (exact) mass is 524 g/mol. The number of aromatic nitrogens is 2. The molecule has 1 aliphatic rings. The van der Waals surface area contributed by atoms with Gasteiger partial charge in [0.2, 0.25) is 5.91 Å². The molecule has 2 atom stereocenters. The van der Waals surface area contributed by atoms with Crippen LogP contribution in [0.25, 0.3) is 5.69 Å². The Hall–Kier alpha value is -4.17. The molecule has 3 heterocycles. The van der Waals surface area contributed by atoms with Gasteiger partial charge in [0, 0.05) is 62.2 Å². The van der Waals surface area contributed by atoms with Crippen LogP contribution in [0.3, 0.4) is 0 Å². The number of benzene rings is 2. The first-order valence-electron chi connectivity index (χ1n) is 12.7. The zero-order valence-corrected chi connectivity index (χ0v) is 22.7. The molecule has 1 fully saturated rings. The van der Waals surface area contributed by atoms with Crippen molar-refractivity contribution in [3.63, 3.8) is 0 Å². The highest BCUT2D eigenvalue weighted by Crippen LogP contribution is 2.39. The second kappa shape index (κ2) is 11.1. The third-order valence-corrected chi connectivity index (χ3v) is 7.16. The smallest absolute Gasteiger partial charge is 0.226 e. The van der Waals surface area contributed by atoms with Gasteiger partial charge in [0.05, 0.1) is 17.8 Å². The fourth-order valence-corrected chi connectivity index (χ4v) is 5.25. The Morgan fingerprint density at radius 1 is 1.05 bits per heavy atom. The summed E-state index contributed by atoms with van der Waals surface area (Å²) in [6.45, 7) is 2.48. The van der Waals surface area contributed by atoms with E-state index < -0.39 is 0 Å². The maximum atomic E-state index is 12.9. The molecule has 0 radical (unpaired) electrons. The van der Waals surface area contributed by atoms with Crippen molar-refractivity contribution in [3.05, 3.63) is 108 Å². The summed E-state index contributed by atoms with van der Waals surface area (Å²) in [6, 6.07) is 26.1. The fraction of sp³-hybridized carbons (Fsp3) is 0.233. The van der Waals surface area contributed by atoms with Crippen LogP contribution in [0.4, 0.5) is 11.4 Å². The highest BCUT2D eigenvalue weighted by Gasteiger charge is 2.41. The Bertz CT molecular complexity index is 1420. The molecule has 7 nitrogen and oxygen atoms in total. The van der Waals surface area contributed by atoms with Crippen LogP contribution in [0.5, 0.6) is 0 Å². The summed E-state index contributed by atoms with van der Waals surface area (Å²) in [4.78, 5) is 21.7. The summed E-state index contributed by atoms with van der Waals surface area (Å²) >= 11 is 5.81. The molecular weight excluding hydrogens is 492 g/mol. The number of amides is 1. The minimum absolute atomic E-state index is 0.0481. The van der Waals surface area contributed by atoms with E-state index in [1.807, 2.05) is 63.5 Å². The first-order valence-corrected chi connectivity index (χ1v) is 13.1. The van der Waals surface area contributed by atoms with Crippen molar-refractivity contribution >= 4 is 34.6 Å². The second-order valence-corrected chi connectivity index (χ2v) is 10.1.